The van der Waals surface area contributed by atoms with Gasteiger partial charge in [0.25, 0.3) is 0 Å². The molecule has 23 heavy (non-hydrogen) atoms. The molecule has 2 aromatic heterocycles. The first-order valence-electron chi connectivity index (χ1n) is 7.78. The van der Waals surface area contributed by atoms with Gasteiger partial charge in [0.15, 0.2) is 0 Å². The molecule has 1 aliphatic rings. The van der Waals surface area contributed by atoms with Crippen LogP contribution in [-0.4, -0.2) is 39.8 Å². The third kappa shape index (κ3) is 3.90. The second kappa shape index (κ2) is 6.31. The number of hydrogen-bond donors (Lipinski definition) is 0. The van der Waals surface area contributed by atoms with Gasteiger partial charge in [-0.3, -0.25) is 0 Å². The Morgan fingerprint density at radius 2 is 2.13 bits per heavy atom. The summed E-state index contributed by atoms with van der Waals surface area (Å²) in [5, 5.41) is 6.05. The largest absolute Gasteiger partial charge is 0.444 e. The van der Waals surface area contributed by atoms with Crippen molar-refractivity contribution in [3.05, 3.63) is 23.4 Å². The Hall–Kier alpha value is -1.89. The molecule has 1 aliphatic heterocycles. The van der Waals surface area contributed by atoms with Crippen molar-refractivity contribution >= 4 is 17.4 Å². The molecule has 0 aliphatic carbocycles. The maximum Gasteiger partial charge on any atom is 0.410 e. The summed E-state index contributed by atoms with van der Waals surface area (Å²) in [5.41, 5.74) is -0.462. The number of likely N-dealkylation sites (tertiary alicyclic amines) is 1. The molecule has 7 heteroatoms. The van der Waals surface area contributed by atoms with E-state index in [1.807, 2.05) is 38.3 Å². The van der Waals surface area contributed by atoms with Crippen LogP contribution in [0.1, 0.15) is 45.4 Å². The van der Waals surface area contributed by atoms with Crippen molar-refractivity contribution in [1.29, 1.82) is 0 Å². The number of rotatable bonds is 2. The quantitative estimate of drug-likeness (QED) is 0.832. The molecule has 0 saturated carbocycles. The Morgan fingerprint density at radius 1 is 1.39 bits per heavy atom. The minimum Gasteiger partial charge on any atom is -0.444 e. The molecule has 1 saturated heterocycles. The van der Waals surface area contributed by atoms with E-state index in [-0.39, 0.29) is 12.0 Å². The summed E-state index contributed by atoms with van der Waals surface area (Å²) in [5.74, 6) is 1.51. The van der Waals surface area contributed by atoms with Gasteiger partial charge in [0.2, 0.25) is 11.7 Å². The number of amides is 1. The van der Waals surface area contributed by atoms with Gasteiger partial charge in [-0.1, -0.05) is 11.2 Å². The van der Waals surface area contributed by atoms with Crippen LogP contribution in [0.2, 0.25) is 0 Å². The maximum absolute atomic E-state index is 12.1. The number of nitrogens with zero attached hydrogens (tertiary/aromatic N) is 3. The lowest BCUT2D eigenvalue weighted by molar-refractivity contribution is 0.0198. The monoisotopic (exact) mass is 335 g/mol. The van der Waals surface area contributed by atoms with Crippen molar-refractivity contribution in [1.82, 2.24) is 15.0 Å². The highest BCUT2D eigenvalue weighted by molar-refractivity contribution is 7.13. The minimum atomic E-state index is -0.462. The van der Waals surface area contributed by atoms with Gasteiger partial charge in [0.1, 0.15) is 5.60 Å². The average Bonchev–Trinajstić information content (AvgIpc) is 3.17. The molecule has 0 bridgehead atoms. The van der Waals surface area contributed by atoms with Crippen molar-refractivity contribution in [2.45, 2.75) is 45.1 Å². The highest BCUT2D eigenvalue weighted by Crippen LogP contribution is 2.30. The minimum absolute atomic E-state index is 0.204. The highest BCUT2D eigenvalue weighted by atomic mass is 32.1. The predicted molar refractivity (Wildman–Crippen MR) is 87.4 cm³/mol. The van der Waals surface area contributed by atoms with E-state index in [0.717, 1.165) is 17.7 Å². The Labute approximate surface area is 139 Å². The van der Waals surface area contributed by atoms with Crippen LogP contribution in [0.15, 0.2) is 22.0 Å². The van der Waals surface area contributed by atoms with Gasteiger partial charge in [0.05, 0.1) is 4.88 Å². The number of piperidine rings is 1. The Bertz CT molecular complexity index is 652. The highest BCUT2D eigenvalue weighted by Gasteiger charge is 2.30. The van der Waals surface area contributed by atoms with Gasteiger partial charge < -0.3 is 14.2 Å². The van der Waals surface area contributed by atoms with Gasteiger partial charge >= 0.3 is 6.09 Å². The van der Waals surface area contributed by atoms with Gasteiger partial charge in [-0.2, -0.15) is 4.98 Å². The van der Waals surface area contributed by atoms with Crippen molar-refractivity contribution in [3.63, 3.8) is 0 Å². The molecule has 0 unspecified atom stereocenters. The van der Waals surface area contributed by atoms with E-state index in [4.69, 9.17) is 9.26 Å². The van der Waals surface area contributed by atoms with Crippen LogP contribution in [0, 0.1) is 0 Å². The molecule has 1 fully saturated rings. The van der Waals surface area contributed by atoms with Crippen molar-refractivity contribution in [2.24, 2.45) is 0 Å². The lowest BCUT2D eigenvalue weighted by atomic mass is 9.97. The molecule has 6 nitrogen and oxygen atoms in total. The second-order valence-electron chi connectivity index (χ2n) is 6.68. The van der Waals surface area contributed by atoms with Crippen LogP contribution in [0.5, 0.6) is 0 Å². The standard InChI is InChI=1S/C16H21N3O3S/c1-16(2,3)21-15(20)19-8-6-11(7-9-19)14-17-13(18-22-14)12-5-4-10-23-12/h4-5,10-11H,6-9H2,1-3H3. The third-order valence-corrected chi connectivity index (χ3v) is 4.54. The molecule has 0 N–H and O–H groups in total. The van der Waals surface area contributed by atoms with Crippen LogP contribution < -0.4 is 0 Å². The van der Waals surface area contributed by atoms with Crippen molar-refractivity contribution < 1.29 is 14.1 Å². The normalized spacial score (nSPS) is 16.6. The first-order chi connectivity index (χ1) is 10.9. The van der Waals surface area contributed by atoms with E-state index < -0.39 is 5.60 Å². The fourth-order valence-corrected chi connectivity index (χ4v) is 3.19. The number of ether oxygens (including phenoxy) is 1. The smallest absolute Gasteiger partial charge is 0.410 e. The van der Waals surface area contributed by atoms with Gasteiger partial charge in [-0.05, 0) is 45.1 Å². The summed E-state index contributed by atoms with van der Waals surface area (Å²) in [7, 11) is 0. The SMILES string of the molecule is CC(C)(C)OC(=O)N1CCC(c2nc(-c3cccs3)no2)CC1. The summed E-state index contributed by atoms with van der Waals surface area (Å²) in [6.45, 7) is 6.93. The average molecular weight is 335 g/mol. The molecule has 3 rings (SSSR count). The molecule has 1 amide bonds. The topological polar surface area (TPSA) is 68.5 Å². The number of thiophene rings is 1. The van der Waals surface area contributed by atoms with E-state index in [1.165, 1.54) is 0 Å². The van der Waals surface area contributed by atoms with Crippen molar-refractivity contribution in [2.75, 3.05) is 13.1 Å². The number of carbonyl (C=O) groups is 1. The summed E-state index contributed by atoms with van der Waals surface area (Å²) < 4.78 is 10.8. The van der Waals surface area contributed by atoms with Crippen LogP contribution in [-0.2, 0) is 4.74 Å². The van der Waals surface area contributed by atoms with Crippen LogP contribution in [0.4, 0.5) is 4.79 Å². The van der Waals surface area contributed by atoms with Gasteiger partial charge in [0, 0.05) is 19.0 Å². The Balaban J connectivity index is 1.58. The number of carbonyl (C=O) groups excluding carboxylic acids is 1. The summed E-state index contributed by atoms with van der Waals surface area (Å²) in [4.78, 5) is 19.3. The number of hydrogen-bond acceptors (Lipinski definition) is 6. The molecule has 0 aromatic carbocycles. The van der Waals surface area contributed by atoms with Crippen LogP contribution in [0.25, 0.3) is 10.7 Å². The zero-order chi connectivity index (χ0) is 16.4. The molecular formula is C16H21N3O3S. The fraction of sp³-hybridized carbons (Fsp3) is 0.562. The molecule has 0 radical (unpaired) electrons. The van der Waals surface area contributed by atoms with E-state index in [0.29, 0.717) is 24.8 Å². The summed E-state index contributed by atoms with van der Waals surface area (Å²) in [6, 6.07) is 3.94. The zero-order valence-electron chi connectivity index (χ0n) is 13.6. The van der Waals surface area contributed by atoms with Crippen molar-refractivity contribution in [3.8, 4) is 10.7 Å². The Morgan fingerprint density at radius 3 is 2.74 bits per heavy atom. The lowest BCUT2D eigenvalue weighted by Crippen LogP contribution is -2.41. The molecule has 0 atom stereocenters. The van der Waals surface area contributed by atoms with Crippen LogP contribution in [0.3, 0.4) is 0 Å². The first-order valence-corrected chi connectivity index (χ1v) is 8.66. The molecule has 2 aromatic rings. The van der Waals surface area contributed by atoms with Gasteiger partial charge in [-0.15, -0.1) is 11.3 Å². The summed E-state index contributed by atoms with van der Waals surface area (Å²) in [6.07, 6.45) is 1.37. The molecule has 0 spiro atoms. The summed E-state index contributed by atoms with van der Waals surface area (Å²) >= 11 is 1.59. The zero-order valence-corrected chi connectivity index (χ0v) is 14.4. The first kappa shape index (κ1) is 16.0. The van der Waals surface area contributed by atoms with Gasteiger partial charge in [-0.25, -0.2) is 4.79 Å². The second-order valence-corrected chi connectivity index (χ2v) is 7.62. The third-order valence-electron chi connectivity index (χ3n) is 3.68. The fourth-order valence-electron chi connectivity index (χ4n) is 2.54. The number of aromatic nitrogens is 2. The lowest BCUT2D eigenvalue weighted by Gasteiger charge is -2.32. The predicted octanol–water partition coefficient (Wildman–Crippen LogP) is 3.91. The van der Waals surface area contributed by atoms with E-state index in [1.54, 1.807) is 16.2 Å². The molecular weight excluding hydrogens is 314 g/mol. The van der Waals surface area contributed by atoms with Crippen LogP contribution >= 0.6 is 11.3 Å². The maximum atomic E-state index is 12.1. The molecule has 3 heterocycles. The van der Waals surface area contributed by atoms with E-state index in [2.05, 4.69) is 10.1 Å². The van der Waals surface area contributed by atoms with E-state index >= 15 is 0 Å². The molecule has 124 valence electrons. The van der Waals surface area contributed by atoms with E-state index in [9.17, 15) is 4.79 Å². The Kier molecular flexibility index (Phi) is 4.39.